The van der Waals surface area contributed by atoms with Gasteiger partial charge < -0.3 is 47.4 Å². The van der Waals surface area contributed by atoms with Gasteiger partial charge in [-0.15, -0.1) is 0 Å². The summed E-state index contributed by atoms with van der Waals surface area (Å²) in [5.74, 6) is -6.15. The number of amides is 7. The Morgan fingerprint density at radius 2 is 1.16 bits per heavy atom. The molecular weight excluding hydrogens is 650 g/mol. The second-order valence-electron chi connectivity index (χ2n) is 13.3. The van der Waals surface area contributed by atoms with E-state index in [-0.39, 0.29) is 18.8 Å². The lowest BCUT2D eigenvalue weighted by Gasteiger charge is -2.29. The average molecular weight is 704 g/mol. The Morgan fingerprint density at radius 3 is 1.72 bits per heavy atom. The van der Waals surface area contributed by atoms with Crippen molar-refractivity contribution in [2.24, 2.45) is 11.8 Å². The molecule has 16 heteroatoms. The Kier molecular flexibility index (Phi) is 16.3. The summed E-state index contributed by atoms with van der Waals surface area (Å²) < 4.78 is 0. The van der Waals surface area contributed by atoms with Crippen molar-refractivity contribution in [3.8, 4) is 0 Å². The number of aliphatic hydroxyl groups is 2. The van der Waals surface area contributed by atoms with Crippen molar-refractivity contribution in [1.29, 1.82) is 0 Å². The molecule has 1 aromatic carbocycles. The largest absolute Gasteiger partial charge is 0.391 e. The minimum Gasteiger partial charge on any atom is -0.391 e. The average Bonchev–Trinajstić information content (AvgIpc) is 3.05. The fourth-order valence-electron chi connectivity index (χ4n) is 5.21. The standard InChI is InChI=1S/C34H53N7O9/c1-8-18(4)26-33(49)36-19(5)29(45)41-27(20(6)42)32(48)35-16-25(44)39-28(21(7)43)34(50)38-24(15-22-12-10-9-11-13-22)30(46)37-23(14-17(2)3)31(47)40-26/h9-13,17-21,23-24,26-28,42-43H,8,14-16H2,1-7H3,(H,35,48)(H,36,49)(H,37,46)(H,38,50)(H,39,44)(H,40,47)(H,41,45). The normalized spacial score (nSPS) is 27.2. The summed E-state index contributed by atoms with van der Waals surface area (Å²) in [6.45, 7) is 10.4. The van der Waals surface area contributed by atoms with Gasteiger partial charge >= 0.3 is 0 Å². The van der Waals surface area contributed by atoms with Gasteiger partial charge in [-0.1, -0.05) is 64.4 Å². The van der Waals surface area contributed by atoms with Crippen LogP contribution in [0.5, 0.6) is 0 Å². The second-order valence-corrected chi connectivity index (χ2v) is 13.3. The highest BCUT2D eigenvalue weighted by Crippen LogP contribution is 2.13. The summed E-state index contributed by atoms with van der Waals surface area (Å²) in [7, 11) is 0. The zero-order chi connectivity index (χ0) is 37.7. The molecule has 1 aromatic rings. The highest BCUT2D eigenvalue weighted by Gasteiger charge is 2.36. The SMILES string of the molecule is CCC(C)C1NC(=O)C(CC(C)C)NC(=O)C(Cc2ccccc2)NC(=O)C(C(C)O)NC(=O)CNC(=O)C(C(C)O)NC(=O)C(C)NC1=O. The minimum atomic E-state index is -1.56. The molecule has 9 unspecified atom stereocenters. The summed E-state index contributed by atoms with van der Waals surface area (Å²) in [5.41, 5.74) is 0.669. The number of rotatable bonds is 8. The molecule has 1 aliphatic rings. The molecule has 1 aliphatic heterocycles. The number of aliphatic hydroxyl groups excluding tert-OH is 2. The predicted octanol–water partition coefficient (Wildman–Crippen LogP) is -1.86. The van der Waals surface area contributed by atoms with Crippen molar-refractivity contribution < 1.29 is 43.8 Å². The molecule has 0 aromatic heterocycles. The lowest BCUT2D eigenvalue weighted by atomic mass is 9.96. The first-order chi connectivity index (χ1) is 23.4. The zero-order valence-corrected chi connectivity index (χ0v) is 29.7. The number of benzene rings is 1. The fourth-order valence-corrected chi connectivity index (χ4v) is 5.21. The quantitative estimate of drug-likeness (QED) is 0.147. The Labute approximate surface area is 292 Å². The molecule has 9 N–H and O–H groups in total. The fraction of sp³-hybridized carbons (Fsp3) is 0.618. The third-order valence-electron chi connectivity index (χ3n) is 8.37. The molecule has 1 heterocycles. The van der Waals surface area contributed by atoms with Crippen LogP contribution in [0.3, 0.4) is 0 Å². The summed E-state index contributed by atoms with van der Waals surface area (Å²) in [6.07, 6.45) is -2.23. The smallest absolute Gasteiger partial charge is 0.245 e. The third kappa shape index (κ3) is 12.7. The van der Waals surface area contributed by atoms with Crippen LogP contribution in [0.1, 0.15) is 66.9 Å². The van der Waals surface area contributed by atoms with Gasteiger partial charge in [0.1, 0.15) is 36.3 Å². The molecule has 0 bridgehead atoms. The molecule has 50 heavy (non-hydrogen) atoms. The van der Waals surface area contributed by atoms with E-state index in [9.17, 15) is 43.8 Å². The van der Waals surface area contributed by atoms with Crippen molar-refractivity contribution in [3.05, 3.63) is 35.9 Å². The van der Waals surface area contributed by atoms with Crippen LogP contribution in [0, 0.1) is 11.8 Å². The van der Waals surface area contributed by atoms with Crippen LogP contribution < -0.4 is 37.2 Å². The van der Waals surface area contributed by atoms with E-state index < -0.39 is 102 Å². The predicted molar refractivity (Wildman–Crippen MR) is 183 cm³/mol. The molecule has 1 fully saturated rings. The van der Waals surface area contributed by atoms with E-state index in [1.54, 1.807) is 37.3 Å². The van der Waals surface area contributed by atoms with Crippen LogP contribution in [0.2, 0.25) is 0 Å². The number of hydrogen-bond acceptors (Lipinski definition) is 9. The van der Waals surface area contributed by atoms with Crippen LogP contribution in [0.15, 0.2) is 30.3 Å². The Hall–Kier alpha value is -4.57. The van der Waals surface area contributed by atoms with E-state index in [0.29, 0.717) is 12.0 Å². The van der Waals surface area contributed by atoms with Crippen LogP contribution in [0.25, 0.3) is 0 Å². The minimum absolute atomic E-state index is 0.0114. The maximum absolute atomic E-state index is 13.8. The summed E-state index contributed by atoms with van der Waals surface area (Å²) in [6, 6.07) is 0.922. The van der Waals surface area contributed by atoms with Crippen molar-refractivity contribution in [3.63, 3.8) is 0 Å². The molecule has 278 valence electrons. The van der Waals surface area contributed by atoms with Gasteiger partial charge in [0.05, 0.1) is 18.8 Å². The molecular formula is C34H53N7O9. The Bertz CT molecular complexity index is 1360. The molecule has 0 aliphatic carbocycles. The Morgan fingerprint density at radius 1 is 0.640 bits per heavy atom. The van der Waals surface area contributed by atoms with Gasteiger partial charge in [0.15, 0.2) is 0 Å². The molecule has 1 saturated heterocycles. The van der Waals surface area contributed by atoms with Gasteiger partial charge in [-0.05, 0) is 44.6 Å². The highest BCUT2D eigenvalue weighted by atomic mass is 16.3. The van der Waals surface area contributed by atoms with Crippen molar-refractivity contribution in [2.45, 2.75) is 116 Å². The summed E-state index contributed by atoms with van der Waals surface area (Å²) in [5, 5.41) is 38.2. The first kappa shape index (κ1) is 41.6. The van der Waals surface area contributed by atoms with Crippen molar-refractivity contribution in [2.75, 3.05) is 6.54 Å². The third-order valence-corrected chi connectivity index (χ3v) is 8.37. The van der Waals surface area contributed by atoms with E-state index in [0.717, 1.165) is 0 Å². The van der Waals surface area contributed by atoms with Gasteiger partial charge in [-0.3, -0.25) is 33.6 Å². The first-order valence-corrected chi connectivity index (χ1v) is 16.9. The molecule has 9 atom stereocenters. The van der Waals surface area contributed by atoms with E-state index in [1.165, 1.54) is 20.8 Å². The lowest BCUT2D eigenvalue weighted by Crippen LogP contribution is -2.61. The van der Waals surface area contributed by atoms with Gasteiger partial charge in [-0.25, -0.2) is 0 Å². The van der Waals surface area contributed by atoms with E-state index >= 15 is 0 Å². The molecule has 7 amide bonds. The van der Waals surface area contributed by atoms with Gasteiger partial charge in [0.25, 0.3) is 0 Å². The number of carbonyl (C=O) groups excluding carboxylic acids is 7. The maximum Gasteiger partial charge on any atom is 0.245 e. The maximum atomic E-state index is 13.8. The number of nitrogens with one attached hydrogen (secondary N) is 7. The molecule has 2 rings (SSSR count). The lowest BCUT2D eigenvalue weighted by molar-refractivity contribution is -0.136. The van der Waals surface area contributed by atoms with E-state index in [2.05, 4.69) is 37.2 Å². The van der Waals surface area contributed by atoms with Gasteiger partial charge in [0.2, 0.25) is 41.4 Å². The van der Waals surface area contributed by atoms with Crippen LogP contribution in [-0.2, 0) is 40.0 Å². The van der Waals surface area contributed by atoms with E-state index in [1.807, 2.05) is 20.8 Å². The summed E-state index contributed by atoms with van der Waals surface area (Å²) in [4.78, 5) is 93.4. The summed E-state index contributed by atoms with van der Waals surface area (Å²) >= 11 is 0. The number of carbonyl (C=O) groups is 7. The van der Waals surface area contributed by atoms with Crippen molar-refractivity contribution in [1.82, 2.24) is 37.2 Å². The molecule has 16 nitrogen and oxygen atoms in total. The van der Waals surface area contributed by atoms with Gasteiger partial charge in [-0.2, -0.15) is 0 Å². The van der Waals surface area contributed by atoms with Crippen LogP contribution in [-0.4, -0.2) is 107 Å². The second kappa shape index (κ2) is 19.6. The molecule has 0 spiro atoms. The topological polar surface area (TPSA) is 244 Å². The van der Waals surface area contributed by atoms with Gasteiger partial charge in [0, 0.05) is 6.42 Å². The monoisotopic (exact) mass is 703 g/mol. The molecule has 0 radical (unpaired) electrons. The van der Waals surface area contributed by atoms with Crippen LogP contribution >= 0.6 is 0 Å². The van der Waals surface area contributed by atoms with E-state index in [4.69, 9.17) is 0 Å². The first-order valence-electron chi connectivity index (χ1n) is 16.9. The molecule has 0 saturated carbocycles. The number of hydrogen-bond donors (Lipinski definition) is 9. The van der Waals surface area contributed by atoms with Crippen LogP contribution in [0.4, 0.5) is 0 Å². The van der Waals surface area contributed by atoms with Crippen molar-refractivity contribution >= 4 is 41.4 Å². The zero-order valence-electron chi connectivity index (χ0n) is 29.7. The Balaban J connectivity index is 2.59. The highest BCUT2D eigenvalue weighted by molar-refractivity contribution is 5.98.